The summed E-state index contributed by atoms with van der Waals surface area (Å²) >= 11 is 12.4. The topological polar surface area (TPSA) is 46.3 Å². The van der Waals surface area contributed by atoms with Crippen molar-refractivity contribution in [3.05, 3.63) is 33.8 Å². The molecule has 1 aliphatic heterocycles. The fourth-order valence-corrected chi connectivity index (χ4v) is 4.04. The van der Waals surface area contributed by atoms with Crippen LogP contribution in [0.2, 0.25) is 10.0 Å². The largest absolute Gasteiger partial charge is 0.338 e. The number of carbonyl (C=O) groups is 1. The van der Waals surface area contributed by atoms with Crippen LogP contribution in [0.3, 0.4) is 0 Å². The quantitative estimate of drug-likeness (QED) is 0.912. The van der Waals surface area contributed by atoms with Crippen LogP contribution >= 0.6 is 23.2 Å². The lowest BCUT2D eigenvalue weighted by molar-refractivity contribution is -0.136. The second-order valence-corrected chi connectivity index (χ2v) is 7.43. The third-order valence-electron chi connectivity index (χ3n) is 5.02. The van der Waals surface area contributed by atoms with Gasteiger partial charge in [-0.05, 0) is 42.7 Å². The number of benzene rings is 1. The van der Waals surface area contributed by atoms with Crippen LogP contribution in [0.1, 0.15) is 37.7 Å². The Kier molecular flexibility index (Phi) is 4.67. The summed E-state index contributed by atoms with van der Waals surface area (Å²) in [6.07, 6.45) is 2.94. The molecule has 120 valence electrons. The summed E-state index contributed by atoms with van der Waals surface area (Å²) in [6.45, 7) is 3.61. The van der Waals surface area contributed by atoms with Crippen LogP contribution < -0.4 is 5.73 Å². The van der Waals surface area contributed by atoms with Gasteiger partial charge >= 0.3 is 0 Å². The van der Waals surface area contributed by atoms with E-state index in [0.717, 1.165) is 31.4 Å². The van der Waals surface area contributed by atoms with E-state index in [9.17, 15) is 4.79 Å². The average Bonchev–Trinajstić information content (AvgIpc) is 3.29. The van der Waals surface area contributed by atoms with Crippen LogP contribution in [0.25, 0.3) is 0 Å². The number of hydrogen-bond acceptors (Lipinski definition) is 2. The molecule has 3 rings (SSSR count). The van der Waals surface area contributed by atoms with Crippen LogP contribution in [-0.4, -0.2) is 29.9 Å². The lowest BCUT2D eigenvalue weighted by Crippen LogP contribution is -2.49. The zero-order chi connectivity index (χ0) is 15.9. The summed E-state index contributed by atoms with van der Waals surface area (Å²) in [4.78, 5) is 14.8. The highest BCUT2D eigenvalue weighted by Crippen LogP contribution is 2.51. The molecule has 2 aliphatic rings. The van der Waals surface area contributed by atoms with Crippen molar-refractivity contribution >= 4 is 29.1 Å². The molecule has 1 heterocycles. The lowest BCUT2D eigenvalue weighted by atomic mass is 9.92. The van der Waals surface area contributed by atoms with Gasteiger partial charge in [0.15, 0.2) is 0 Å². The average molecular weight is 341 g/mol. The summed E-state index contributed by atoms with van der Waals surface area (Å²) in [5.74, 6) is 1.13. The van der Waals surface area contributed by atoms with Gasteiger partial charge in [-0.25, -0.2) is 0 Å². The first kappa shape index (κ1) is 16.1. The summed E-state index contributed by atoms with van der Waals surface area (Å²) in [6, 6.07) is 5.84. The van der Waals surface area contributed by atoms with Crippen LogP contribution in [0, 0.1) is 11.8 Å². The van der Waals surface area contributed by atoms with Crippen molar-refractivity contribution in [3.8, 4) is 0 Å². The zero-order valence-corrected chi connectivity index (χ0v) is 14.3. The predicted molar refractivity (Wildman–Crippen MR) is 90.3 cm³/mol. The molecule has 1 saturated heterocycles. The first-order valence-electron chi connectivity index (χ1n) is 7.97. The van der Waals surface area contributed by atoms with E-state index < -0.39 is 0 Å². The summed E-state index contributed by atoms with van der Waals surface area (Å²) in [5, 5.41) is 1.15. The molecule has 0 aromatic heterocycles. The van der Waals surface area contributed by atoms with Gasteiger partial charge < -0.3 is 10.6 Å². The number of halogens is 2. The molecular formula is C17H22Cl2N2O. The Morgan fingerprint density at radius 3 is 2.86 bits per heavy atom. The summed E-state index contributed by atoms with van der Waals surface area (Å²) in [7, 11) is 0. The molecule has 0 radical (unpaired) electrons. The molecule has 5 heteroatoms. The van der Waals surface area contributed by atoms with Gasteiger partial charge in [-0.1, -0.05) is 42.3 Å². The first-order chi connectivity index (χ1) is 10.5. The van der Waals surface area contributed by atoms with Gasteiger partial charge in [0.05, 0.1) is 10.0 Å². The Morgan fingerprint density at radius 1 is 1.36 bits per heavy atom. The number of piperidine rings is 1. The van der Waals surface area contributed by atoms with E-state index in [1.54, 1.807) is 6.07 Å². The van der Waals surface area contributed by atoms with Crippen molar-refractivity contribution in [1.82, 2.24) is 4.90 Å². The number of nitrogens with two attached hydrogens (primary N) is 1. The van der Waals surface area contributed by atoms with Crippen molar-refractivity contribution in [3.63, 3.8) is 0 Å². The van der Waals surface area contributed by atoms with E-state index in [-0.39, 0.29) is 23.8 Å². The molecule has 0 spiro atoms. The highest BCUT2D eigenvalue weighted by atomic mass is 35.5. The number of hydrogen-bond donors (Lipinski definition) is 1. The molecule has 3 nitrogen and oxygen atoms in total. The highest BCUT2D eigenvalue weighted by Gasteiger charge is 2.48. The van der Waals surface area contributed by atoms with Crippen LogP contribution in [0.5, 0.6) is 0 Å². The third kappa shape index (κ3) is 2.99. The molecule has 4 unspecified atom stereocenters. The molecule has 1 aromatic carbocycles. The van der Waals surface area contributed by atoms with E-state index in [2.05, 4.69) is 6.92 Å². The van der Waals surface area contributed by atoms with Gasteiger partial charge in [0.25, 0.3) is 0 Å². The number of carbonyl (C=O) groups excluding carboxylic acids is 1. The Labute approximate surface area is 141 Å². The number of amides is 1. The Hall–Kier alpha value is -0.770. The van der Waals surface area contributed by atoms with Crippen molar-refractivity contribution in [2.45, 2.75) is 38.1 Å². The van der Waals surface area contributed by atoms with Gasteiger partial charge in [-0.15, -0.1) is 0 Å². The van der Waals surface area contributed by atoms with E-state index in [0.29, 0.717) is 22.5 Å². The van der Waals surface area contributed by atoms with Crippen molar-refractivity contribution < 1.29 is 4.79 Å². The summed E-state index contributed by atoms with van der Waals surface area (Å²) < 4.78 is 0. The van der Waals surface area contributed by atoms with E-state index in [1.807, 2.05) is 17.0 Å². The van der Waals surface area contributed by atoms with Gasteiger partial charge in [0.2, 0.25) is 5.91 Å². The monoisotopic (exact) mass is 340 g/mol. The number of likely N-dealkylation sites (tertiary alicyclic amines) is 1. The second-order valence-electron chi connectivity index (χ2n) is 6.64. The molecule has 1 aliphatic carbocycles. The minimum atomic E-state index is 0.0402. The standard InChI is InChI=1S/C17H22Cl2N2O/c1-10-5-6-21(11(7-10)9-20)17(22)14-8-13(14)12-3-2-4-15(18)16(12)19/h2-4,10-11,13-14H,5-9,20H2,1H3. The maximum atomic E-state index is 12.8. The maximum absolute atomic E-state index is 12.8. The van der Waals surface area contributed by atoms with Gasteiger partial charge in [-0.2, -0.15) is 0 Å². The van der Waals surface area contributed by atoms with Crippen LogP contribution in [0.15, 0.2) is 18.2 Å². The van der Waals surface area contributed by atoms with Gasteiger partial charge in [-0.3, -0.25) is 4.79 Å². The fraction of sp³-hybridized carbons (Fsp3) is 0.588. The first-order valence-corrected chi connectivity index (χ1v) is 8.73. The SMILES string of the molecule is CC1CCN(C(=O)C2CC2c2cccc(Cl)c2Cl)C(CN)C1. The molecule has 1 amide bonds. The Bertz CT molecular complexity index is 578. The lowest BCUT2D eigenvalue weighted by Gasteiger charge is -2.38. The molecule has 0 bridgehead atoms. The molecule has 2 N–H and O–H groups in total. The van der Waals surface area contributed by atoms with Crippen molar-refractivity contribution in [2.75, 3.05) is 13.1 Å². The minimum Gasteiger partial charge on any atom is -0.338 e. The highest BCUT2D eigenvalue weighted by molar-refractivity contribution is 6.42. The van der Waals surface area contributed by atoms with E-state index in [4.69, 9.17) is 28.9 Å². The van der Waals surface area contributed by atoms with Crippen molar-refractivity contribution in [1.29, 1.82) is 0 Å². The fourth-order valence-electron chi connectivity index (χ4n) is 3.60. The molecule has 1 aromatic rings. The second kappa shape index (κ2) is 6.38. The number of nitrogens with zero attached hydrogens (tertiary/aromatic N) is 1. The third-order valence-corrected chi connectivity index (χ3v) is 5.86. The normalized spacial score (nSPS) is 31.2. The zero-order valence-electron chi connectivity index (χ0n) is 12.8. The molecule has 22 heavy (non-hydrogen) atoms. The maximum Gasteiger partial charge on any atom is 0.226 e. The molecular weight excluding hydrogens is 319 g/mol. The van der Waals surface area contributed by atoms with Crippen LogP contribution in [0.4, 0.5) is 0 Å². The smallest absolute Gasteiger partial charge is 0.226 e. The van der Waals surface area contributed by atoms with Gasteiger partial charge in [0, 0.05) is 25.0 Å². The van der Waals surface area contributed by atoms with Crippen LogP contribution in [-0.2, 0) is 4.79 Å². The molecule has 1 saturated carbocycles. The Morgan fingerprint density at radius 2 is 2.14 bits per heavy atom. The van der Waals surface area contributed by atoms with Crippen molar-refractivity contribution in [2.24, 2.45) is 17.6 Å². The number of rotatable bonds is 3. The predicted octanol–water partition coefficient (Wildman–Crippen LogP) is 3.68. The molecule has 2 fully saturated rings. The minimum absolute atomic E-state index is 0.0402. The van der Waals surface area contributed by atoms with E-state index >= 15 is 0 Å². The van der Waals surface area contributed by atoms with Gasteiger partial charge in [0.1, 0.15) is 0 Å². The summed E-state index contributed by atoms with van der Waals surface area (Å²) in [5.41, 5.74) is 6.87. The van der Waals surface area contributed by atoms with E-state index in [1.165, 1.54) is 0 Å². The molecule has 4 atom stereocenters. The Balaban J connectivity index is 1.71.